The molecule has 2 aromatic rings. The molecule has 2 heterocycles. The molecule has 0 saturated heterocycles. The minimum absolute atomic E-state index is 0.732. The maximum Gasteiger partial charge on any atom is 0.204 e. The minimum atomic E-state index is 0.732. The molecule has 2 aromatic heterocycles. The summed E-state index contributed by atoms with van der Waals surface area (Å²) >= 11 is 4.93. The Hall–Kier alpha value is -0.680. The molecule has 0 aliphatic rings. The molecule has 0 spiro atoms. The van der Waals surface area contributed by atoms with E-state index in [0.29, 0.717) is 0 Å². The fourth-order valence-electron chi connectivity index (χ4n) is 0.788. The van der Waals surface area contributed by atoms with Crippen LogP contribution in [0.3, 0.4) is 0 Å². The number of hydrogen-bond acceptors (Lipinski definition) is 3. The van der Waals surface area contributed by atoms with Gasteiger partial charge in [-0.25, -0.2) is 0 Å². The van der Waals surface area contributed by atoms with E-state index in [1.807, 2.05) is 21.4 Å². The highest BCUT2D eigenvalue weighted by Gasteiger charge is 2.01. The molecule has 0 unspecified atom stereocenters. The van der Waals surface area contributed by atoms with Gasteiger partial charge in [0.1, 0.15) is 6.33 Å². The van der Waals surface area contributed by atoms with E-state index in [-0.39, 0.29) is 0 Å². The first-order valence-corrected chi connectivity index (χ1v) is 4.69. The predicted octanol–water partition coefficient (Wildman–Crippen LogP) is 2.09. The van der Waals surface area contributed by atoms with E-state index in [9.17, 15) is 0 Å². The first-order chi connectivity index (χ1) is 5.38. The van der Waals surface area contributed by atoms with Gasteiger partial charge in [-0.2, -0.15) is 11.3 Å². The van der Waals surface area contributed by atoms with Crippen molar-refractivity contribution in [2.24, 2.45) is 0 Å². The number of rotatable bonds is 1. The van der Waals surface area contributed by atoms with Gasteiger partial charge in [0.15, 0.2) is 0 Å². The van der Waals surface area contributed by atoms with Crippen LogP contribution in [0.25, 0.3) is 5.69 Å². The largest absolute Gasteiger partial charge is 0.275 e. The highest BCUT2D eigenvalue weighted by atomic mass is 79.9. The minimum Gasteiger partial charge on any atom is -0.275 e. The maximum atomic E-state index is 3.81. The number of aromatic nitrogens is 3. The van der Waals surface area contributed by atoms with Crippen LogP contribution in [0.2, 0.25) is 0 Å². The van der Waals surface area contributed by atoms with Crippen molar-refractivity contribution in [3.63, 3.8) is 0 Å². The van der Waals surface area contributed by atoms with Crippen LogP contribution in [-0.4, -0.2) is 14.8 Å². The third-order valence-corrected chi connectivity index (χ3v) is 2.50. The molecule has 0 aliphatic heterocycles. The molecule has 0 atom stereocenters. The molecule has 0 saturated carbocycles. The summed E-state index contributed by atoms with van der Waals surface area (Å²) in [5.74, 6) is 0. The second kappa shape index (κ2) is 2.75. The number of halogens is 1. The Morgan fingerprint density at radius 2 is 2.45 bits per heavy atom. The normalized spacial score (nSPS) is 10.3. The first-order valence-electron chi connectivity index (χ1n) is 2.96. The summed E-state index contributed by atoms with van der Waals surface area (Å²) in [5, 5.41) is 11.6. The van der Waals surface area contributed by atoms with Crippen molar-refractivity contribution in [2.45, 2.75) is 0 Å². The van der Waals surface area contributed by atoms with E-state index in [4.69, 9.17) is 0 Å². The van der Waals surface area contributed by atoms with Crippen LogP contribution in [0.4, 0.5) is 0 Å². The molecule has 0 N–H and O–H groups in total. The van der Waals surface area contributed by atoms with Crippen molar-refractivity contribution in [1.29, 1.82) is 0 Å². The van der Waals surface area contributed by atoms with Crippen LogP contribution in [0.5, 0.6) is 0 Å². The van der Waals surface area contributed by atoms with E-state index in [2.05, 4.69) is 26.1 Å². The number of thiophene rings is 1. The lowest BCUT2D eigenvalue weighted by atomic mass is 10.5. The van der Waals surface area contributed by atoms with Gasteiger partial charge in [0.2, 0.25) is 4.73 Å². The summed E-state index contributed by atoms with van der Waals surface area (Å²) in [6, 6.07) is 2.01. The highest BCUT2D eigenvalue weighted by Crippen LogP contribution is 2.15. The van der Waals surface area contributed by atoms with Crippen LogP contribution in [0, 0.1) is 0 Å². The fourth-order valence-corrected chi connectivity index (χ4v) is 1.80. The second-order valence-electron chi connectivity index (χ2n) is 1.95. The summed E-state index contributed by atoms with van der Waals surface area (Å²) < 4.78 is 2.60. The zero-order chi connectivity index (χ0) is 7.68. The van der Waals surface area contributed by atoms with Gasteiger partial charge in [-0.1, -0.05) is 0 Å². The van der Waals surface area contributed by atoms with Crippen molar-refractivity contribution in [1.82, 2.24) is 14.8 Å². The third kappa shape index (κ3) is 1.21. The Morgan fingerprint density at radius 3 is 3.00 bits per heavy atom. The maximum absolute atomic E-state index is 3.81. The smallest absolute Gasteiger partial charge is 0.204 e. The summed E-state index contributed by atoms with van der Waals surface area (Å²) in [6.45, 7) is 0. The molecule has 56 valence electrons. The number of hydrogen-bond donors (Lipinski definition) is 0. The molecule has 3 nitrogen and oxygen atoms in total. The topological polar surface area (TPSA) is 30.7 Å². The molecule has 2 rings (SSSR count). The highest BCUT2D eigenvalue weighted by molar-refractivity contribution is 9.10. The van der Waals surface area contributed by atoms with Crippen LogP contribution < -0.4 is 0 Å². The molecule has 0 radical (unpaired) electrons. The van der Waals surface area contributed by atoms with Crippen LogP contribution in [0.15, 0.2) is 27.9 Å². The van der Waals surface area contributed by atoms with E-state index < -0.39 is 0 Å². The molecule has 0 aromatic carbocycles. The van der Waals surface area contributed by atoms with Gasteiger partial charge >= 0.3 is 0 Å². The Balaban J connectivity index is 2.53. The van der Waals surface area contributed by atoms with Gasteiger partial charge in [0.05, 0.1) is 5.69 Å². The molecule has 0 amide bonds. The molecular formula is C6H4BrN3S. The Morgan fingerprint density at radius 1 is 1.55 bits per heavy atom. The van der Waals surface area contributed by atoms with Gasteiger partial charge in [-0.3, -0.25) is 4.57 Å². The quantitative estimate of drug-likeness (QED) is 0.750. The van der Waals surface area contributed by atoms with Gasteiger partial charge < -0.3 is 0 Å². The zero-order valence-electron chi connectivity index (χ0n) is 5.44. The molecule has 0 aliphatic carbocycles. The first kappa shape index (κ1) is 7.00. The lowest BCUT2D eigenvalue weighted by Gasteiger charge is -1.95. The monoisotopic (exact) mass is 229 g/mol. The van der Waals surface area contributed by atoms with Crippen molar-refractivity contribution in [3.8, 4) is 5.69 Å². The van der Waals surface area contributed by atoms with Gasteiger partial charge in [0, 0.05) is 5.38 Å². The number of nitrogens with zero attached hydrogens (tertiary/aromatic N) is 3. The zero-order valence-corrected chi connectivity index (χ0v) is 7.84. The van der Waals surface area contributed by atoms with Crippen molar-refractivity contribution < 1.29 is 0 Å². The molecule has 0 bridgehead atoms. The van der Waals surface area contributed by atoms with E-state index >= 15 is 0 Å². The fraction of sp³-hybridized carbons (Fsp3) is 0. The molecular weight excluding hydrogens is 226 g/mol. The standard InChI is InChI=1S/C6H4BrN3S/c7-6-9-8-4-10(6)5-1-2-11-3-5/h1-4H. The van der Waals surface area contributed by atoms with E-state index in [1.165, 1.54) is 0 Å². The van der Waals surface area contributed by atoms with Crippen molar-refractivity contribution in [2.75, 3.05) is 0 Å². The average Bonchev–Trinajstić information content (AvgIpc) is 2.55. The summed E-state index contributed by atoms with van der Waals surface area (Å²) in [7, 11) is 0. The van der Waals surface area contributed by atoms with Crippen LogP contribution in [0.1, 0.15) is 0 Å². The van der Waals surface area contributed by atoms with Crippen molar-refractivity contribution in [3.05, 3.63) is 27.9 Å². The van der Waals surface area contributed by atoms with Gasteiger partial charge in [-0.05, 0) is 27.4 Å². The summed E-state index contributed by atoms with van der Waals surface area (Å²) in [6.07, 6.45) is 1.67. The Labute approximate surface area is 75.8 Å². The van der Waals surface area contributed by atoms with Gasteiger partial charge in [0.25, 0.3) is 0 Å². The molecule has 11 heavy (non-hydrogen) atoms. The average molecular weight is 230 g/mol. The van der Waals surface area contributed by atoms with Crippen LogP contribution in [-0.2, 0) is 0 Å². The van der Waals surface area contributed by atoms with E-state index in [0.717, 1.165) is 10.4 Å². The lowest BCUT2D eigenvalue weighted by Crippen LogP contribution is -1.88. The molecule has 5 heteroatoms. The van der Waals surface area contributed by atoms with Crippen molar-refractivity contribution >= 4 is 27.3 Å². The van der Waals surface area contributed by atoms with Gasteiger partial charge in [-0.15, -0.1) is 10.2 Å². The Bertz CT molecular complexity index is 340. The predicted molar refractivity (Wildman–Crippen MR) is 46.9 cm³/mol. The van der Waals surface area contributed by atoms with Crippen LogP contribution >= 0.6 is 27.3 Å². The SMILES string of the molecule is Brc1nncn1-c1ccsc1. The second-order valence-corrected chi connectivity index (χ2v) is 3.44. The van der Waals surface area contributed by atoms with E-state index in [1.54, 1.807) is 17.7 Å². The molecule has 0 fully saturated rings. The lowest BCUT2D eigenvalue weighted by molar-refractivity contribution is 1.02. The Kier molecular flexibility index (Phi) is 1.75. The third-order valence-electron chi connectivity index (χ3n) is 1.29. The summed E-state index contributed by atoms with van der Waals surface area (Å²) in [5.41, 5.74) is 1.09. The summed E-state index contributed by atoms with van der Waals surface area (Å²) in [4.78, 5) is 0.